The van der Waals surface area contributed by atoms with E-state index in [1.165, 1.54) is 17.5 Å². The highest BCUT2D eigenvalue weighted by molar-refractivity contribution is 9.10. The van der Waals surface area contributed by atoms with E-state index in [0.717, 1.165) is 11.3 Å². The van der Waals surface area contributed by atoms with Gasteiger partial charge in [0, 0.05) is 7.05 Å². The van der Waals surface area contributed by atoms with Gasteiger partial charge in [-0.15, -0.1) is 0 Å². The quantitative estimate of drug-likeness (QED) is 0.829. The van der Waals surface area contributed by atoms with E-state index in [1.807, 2.05) is 0 Å². The Balaban J connectivity index is 2.20. The van der Waals surface area contributed by atoms with E-state index in [4.69, 9.17) is 16.0 Å². The molecule has 0 spiro atoms. The standard InChI is InChI=1S/C9H8BrClN2O3S2/c1-13(5-6-2-3-7(10)16-6)18(14,15)8-4-12-9(11)17-8/h2-4H,5H2,1H3. The lowest BCUT2D eigenvalue weighted by Crippen LogP contribution is -2.25. The number of sulfonamides is 1. The fourth-order valence-corrected chi connectivity index (χ4v) is 4.24. The normalized spacial score (nSPS) is 12.2. The van der Waals surface area contributed by atoms with E-state index < -0.39 is 10.0 Å². The van der Waals surface area contributed by atoms with Crippen LogP contribution in [0.3, 0.4) is 0 Å². The number of halogens is 2. The molecule has 0 fully saturated rings. The summed E-state index contributed by atoms with van der Waals surface area (Å²) in [6, 6.07) is 3.41. The zero-order valence-corrected chi connectivity index (χ0v) is 13.1. The van der Waals surface area contributed by atoms with Crippen molar-refractivity contribution in [1.29, 1.82) is 0 Å². The van der Waals surface area contributed by atoms with Gasteiger partial charge < -0.3 is 4.42 Å². The highest BCUT2D eigenvalue weighted by atomic mass is 79.9. The molecule has 0 saturated heterocycles. The topological polar surface area (TPSA) is 63.4 Å². The molecule has 9 heteroatoms. The van der Waals surface area contributed by atoms with Crippen molar-refractivity contribution < 1.29 is 12.8 Å². The van der Waals surface area contributed by atoms with Gasteiger partial charge in [0.1, 0.15) is 5.76 Å². The fourth-order valence-electron chi connectivity index (χ4n) is 1.25. The molecule has 0 aliphatic heterocycles. The van der Waals surface area contributed by atoms with E-state index in [2.05, 4.69) is 20.9 Å². The van der Waals surface area contributed by atoms with Crippen LogP contribution >= 0.6 is 38.9 Å². The molecule has 5 nitrogen and oxygen atoms in total. The monoisotopic (exact) mass is 370 g/mol. The Morgan fingerprint density at radius 1 is 1.56 bits per heavy atom. The molecule has 2 rings (SSSR count). The number of thiazole rings is 1. The molecule has 0 bridgehead atoms. The Kier molecular flexibility index (Phi) is 4.12. The van der Waals surface area contributed by atoms with Crippen molar-refractivity contribution in [3.8, 4) is 0 Å². The van der Waals surface area contributed by atoms with Crippen LogP contribution in [0, 0.1) is 0 Å². The van der Waals surface area contributed by atoms with Crippen LogP contribution in [0.4, 0.5) is 0 Å². The molecule has 2 aromatic rings. The van der Waals surface area contributed by atoms with Gasteiger partial charge in [-0.25, -0.2) is 13.4 Å². The third-order valence-electron chi connectivity index (χ3n) is 2.13. The van der Waals surface area contributed by atoms with Gasteiger partial charge in [-0.05, 0) is 28.1 Å². The molecule has 0 unspecified atom stereocenters. The van der Waals surface area contributed by atoms with Crippen molar-refractivity contribution in [2.45, 2.75) is 10.8 Å². The number of hydrogen-bond donors (Lipinski definition) is 0. The summed E-state index contributed by atoms with van der Waals surface area (Å²) >= 11 is 9.72. The van der Waals surface area contributed by atoms with Gasteiger partial charge in [-0.1, -0.05) is 22.9 Å². The molecule has 2 aromatic heterocycles. The number of aromatic nitrogens is 1. The predicted octanol–water partition coefficient (Wildman–Crippen LogP) is 2.97. The van der Waals surface area contributed by atoms with Crippen molar-refractivity contribution in [2.24, 2.45) is 0 Å². The van der Waals surface area contributed by atoms with Crippen LogP contribution in [0.25, 0.3) is 0 Å². The molecule has 98 valence electrons. The van der Waals surface area contributed by atoms with Gasteiger partial charge >= 0.3 is 0 Å². The molecule has 0 aromatic carbocycles. The van der Waals surface area contributed by atoms with Crippen molar-refractivity contribution in [3.63, 3.8) is 0 Å². The minimum Gasteiger partial charge on any atom is -0.453 e. The second-order valence-electron chi connectivity index (χ2n) is 3.40. The first kappa shape index (κ1) is 14.0. The van der Waals surface area contributed by atoms with Crippen LogP contribution in [0.1, 0.15) is 5.76 Å². The van der Waals surface area contributed by atoms with Crippen molar-refractivity contribution in [3.05, 3.63) is 33.2 Å². The molecular formula is C9H8BrClN2O3S2. The molecule has 0 aliphatic rings. The first-order valence-corrected chi connectivity index (χ1v) is 8.14. The maximum absolute atomic E-state index is 12.1. The highest BCUT2D eigenvalue weighted by Gasteiger charge is 2.24. The van der Waals surface area contributed by atoms with Gasteiger partial charge in [-0.2, -0.15) is 4.31 Å². The van der Waals surface area contributed by atoms with Crippen LogP contribution in [-0.2, 0) is 16.6 Å². The molecule has 18 heavy (non-hydrogen) atoms. The van der Waals surface area contributed by atoms with Crippen molar-refractivity contribution in [2.75, 3.05) is 7.05 Å². The lowest BCUT2D eigenvalue weighted by Gasteiger charge is -2.13. The van der Waals surface area contributed by atoms with E-state index in [1.54, 1.807) is 12.1 Å². The van der Waals surface area contributed by atoms with Crippen LogP contribution in [-0.4, -0.2) is 24.8 Å². The summed E-state index contributed by atoms with van der Waals surface area (Å²) in [5.41, 5.74) is 0. The smallest absolute Gasteiger partial charge is 0.254 e. The number of rotatable bonds is 4. The van der Waals surface area contributed by atoms with E-state index in [9.17, 15) is 8.42 Å². The van der Waals surface area contributed by atoms with Crippen molar-refractivity contribution in [1.82, 2.24) is 9.29 Å². The van der Waals surface area contributed by atoms with E-state index in [-0.39, 0.29) is 15.2 Å². The largest absolute Gasteiger partial charge is 0.453 e. The van der Waals surface area contributed by atoms with Crippen LogP contribution < -0.4 is 0 Å². The molecule has 0 atom stereocenters. The summed E-state index contributed by atoms with van der Waals surface area (Å²) in [7, 11) is -2.11. The fraction of sp³-hybridized carbons (Fsp3) is 0.222. The zero-order chi connectivity index (χ0) is 13.3. The third-order valence-corrected chi connectivity index (χ3v) is 5.91. The first-order chi connectivity index (χ1) is 8.39. The van der Waals surface area contributed by atoms with E-state index in [0.29, 0.717) is 10.4 Å². The van der Waals surface area contributed by atoms with E-state index >= 15 is 0 Å². The molecule has 0 aliphatic carbocycles. The van der Waals surface area contributed by atoms with Crippen LogP contribution in [0.2, 0.25) is 4.47 Å². The number of hydrogen-bond acceptors (Lipinski definition) is 5. The van der Waals surface area contributed by atoms with Crippen molar-refractivity contribution >= 4 is 48.9 Å². The summed E-state index contributed by atoms with van der Waals surface area (Å²) in [4.78, 5) is 3.72. The van der Waals surface area contributed by atoms with Crippen LogP contribution in [0.5, 0.6) is 0 Å². The van der Waals surface area contributed by atoms with Gasteiger partial charge in [-0.3, -0.25) is 0 Å². The van der Waals surface area contributed by atoms with Gasteiger partial charge in [0.25, 0.3) is 10.0 Å². The molecule has 0 radical (unpaired) electrons. The molecule has 2 heterocycles. The molecular weight excluding hydrogens is 364 g/mol. The first-order valence-electron chi connectivity index (χ1n) is 4.71. The van der Waals surface area contributed by atoms with Gasteiger partial charge in [0.05, 0.1) is 12.7 Å². The highest BCUT2D eigenvalue weighted by Crippen LogP contribution is 2.26. The Morgan fingerprint density at radius 3 is 2.78 bits per heavy atom. The predicted molar refractivity (Wildman–Crippen MR) is 72.2 cm³/mol. The average Bonchev–Trinajstić information content (AvgIpc) is 2.88. The maximum atomic E-state index is 12.1. The molecule has 0 amide bonds. The Bertz CT molecular complexity index is 652. The minimum absolute atomic E-state index is 0.112. The zero-order valence-electron chi connectivity index (χ0n) is 9.13. The Hall–Kier alpha value is -0.410. The number of nitrogens with zero attached hydrogens (tertiary/aromatic N) is 2. The summed E-state index contributed by atoms with van der Waals surface area (Å²) in [6.45, 7) is 0.142. The summed E-state index contributed by atoms with van der Waals surface area (Å²) in [5, 5.41) is 0. The number of furan rings is 1. The van der Waals surface area contributed by atoms with Gasteiger partial charge in [0.2, 0.25) is 0 Å². The SMILES string of the molecule is CN(Cc1ccc(Br)o1)S(=O)(=O)c1cnc(Cl)s1. The second kappa shape index (κ2) is 5.30. The second-order valence-corrected chi connectivity index (χ2v) is 8.07. The third kappa shape index (κ3) is 2.94. The minimum atomic E-state index is -3.58. The molecule has 0 saturated carbocycles. The van der Waals surface area contributed by atoms with Crippen LogP contribution in [0.15, 0.2) is 31.6 Å². The Morgan fingerprint density at radius 2 is 2.28 bits per heavy atom. The Labute approximate surface area is 122 Å². The maximum Gasteiger partial charge on any atom is 0.254 e. The summed E-state index contributed by atoms with van der Waals surface area (Å²) in [6.07, 6.45) is 1.25. The molecule has 0 N–H and O–H groups in total. The lowest BCUT2D eigenvalue weighted by atomic mass is 10.4. The van der Waals surface area contributed by atoms with Gasteiger partial charge in [0.15, 0.2) is 13.3 Å². The summed E-state index contributed by atoms with van der Waals surface area (Å²) < 4.78 is 31.6. The average molecular weight is 372 g/mol. The summed E-state index contributed by atoms with van der Waals surface area (Å²) in [5.74, 6) is 0.545. The lowest BCUT2D eigenvalue weighted by molar-refractivity contribution is 0.399.